The SMILES string of the molecule is Cc1ccc(C(=O)N(CC(F)(F)F)C(C)C)cc1Br. The quantitative estimate of drug-likeness (QED) is 0.810. The van der Waals surface area contributed by atoms with Gasteiger partial charge in [0.05, 0.1) is 0 Å². The van der Waals surface area contributed by atoms with Crippen LogP contribution < -0.4 is 0 Å². The van der Waals surface area contributed by atoms with Gasteiger partial charge in [0.1, 0.15) is 6.54 Å². The monoisotopic (exact) mass is 337 g/mol. The molecule has 1 rings (SSSR count). The van der Waals surface area contributed by atoms with Gasteiger partial charge in [-0.25, -0.2) is 0 Å². The summed E-state index contributed by atoms with van der Waals surface area (Å²) in [7, 11) is 0. The second kappa shape index (κ2) is 5.94. The molecule has 19 heavy (non-hydrogen) atoms. The van der Waals surface area contributed by atoms with E-state index in [1.54, 1.807) is 26.0 Å². The third-order valence-corrected chi connectivity index (χ3v) is 3.51. The second-order valence-electron chi connectivity index (χ2n) is 4.61. The van der Waals surface area contributed by atoms with E-state index in [1.807, 2.05) is 6.92 Å². The molecular weight excluding hydrogens is 323 g/mol. The molecule has 0 N–H and O–H groups in total. The lowest BCUT2D eigenvalue weighted by Crippen LogP contribution is -2.43. The fourth-order valence-electron chi connectivity index (χ4n) is 1.57. The van der Waals surface area contributed by atoms with Crippen LogP contribution >= 0.6 is 15.9 Å². The molecular formula is C13H15BrF3NO. The zero-order valence-electron chi connectivity index (χ0n) is 10.9. The predicted octanol–water partition coefficient (Wildman–Crippen LogP) is 4.17. The van der Waals surface area contributed by atoms with Gasteiger partial charge in [-0.05, 0) is 38.5 Å². The van der Waals surface area contributed by atoms with Crippen molar-refractivity contribution in [3.05, 3.63) is 33.8 Å². The van der Waals surface area contributed by atoms with Gasteiger partial charge in [0.25, 0.3) is 5.91 Å². The van der Waals surface area contributed by atoms with Crippen LogP contribution in [0.4, 0.5) is 13.2 Å². The number of nitrogens with zero attached hydrogens (tertiary/aromatic N) is 1. The summed E-state index contributed by atoms with van der Waals surface area (Å²) in [5, 5.41) is 0. The van der Waals surface area contributed by atoms with Crippen molar-refractivity contribution in [1.29, 1.82) is 0 Å². The number of hydrogen-bond donors (Lipinski definition) is 0. The third kappa shape index (κ3) is 4.53. The summed E-state index contributed by atoms with van der Waals surface area (Å²) < 4.78 is 38.1. The minimum atomic E-state index is -4.40. The summed E-state index contributed by atoms with van der Waals surface area (Å²) in [4.78, 5) is 12.9. The first kappa shape index (κ1) is 16.0. The maximum absolute atomic E-state index is 12.5. The van der Waals surface area contributed by atoms with Crippen molar-refractivity contribution in [2.75, 3.05) is 6.54 Å². The van der Waals surface area contributed by atoms with Gasteiger partial charge in [-0.2, -0.15) is 13.2 Å². The molecule has 0 aliphatic rings. The van der Waals surface area contributed by atoms with E-state index in [9.17, 15) is 18.0 Å². The summed E-state index contributed by atoms with van der Waals surface area (Å²) >= 11 is 3.27. The number of carbonyl (C=O) groups is 1. The molecule has 1 amide bonds. The van der Waals surface area contributed by atoms with E-state index in [4.69, 9.17) is 0 Å². The molecule has 2 nitrogen and oxygen atoms in total. The summed E-state index contributed by atoms with van der Waals surface area (Å²) in [5.41, 5.74) is 1.17. The zero-order chi connectivity index (χ0) is 14.8. The number of amides is 1. The highest BCUT2D eigenvalue weighted by Crippen LogP contribution is 2.22. The molecule has 0 atom stereocenters. The molecule has 0 aliphatic carbocycles. The topological polar surface area (TPSA) is 20.3 Å². The Hall–Kier alpha value is -1.04. The molecule has 0 saturated heterocycles. The van der Waals surface area contributed by atoms with Crippen molar-refractivity contribution in [2.45, 2.75) is 33.0 Å². The van der Waals surface area contributed by atoms with E-state index in [0.29, 0.717) is 4.47 Å². The van der Waals surface area contributed by atoms with E-state index >= 15 is 0 Å². The molecule has 0 spiro atoms. The number of benzene rings is 1. The van der Waals surface area contributed by atoms with Crippen LogP contribution in [-0.2, 0) is 0 Å². The van der Waals surface area contributed by atoms with Crippen LogP contribution in [-0.4, -0.2) is 29.6 Å². The maximum Gasteiger partial charge on any atom is 0.406 e. The molecule has 0 unspecified atom stereocenters. The average Bonchev–Trinajstić information content (AvgIpc) is 2.27. The smallest absolute Gasteiger partial charge is 0.327 e. The van der Waals surface area contributed by atoms with E-state index in [1.165, 1.54) is 6.07 Å². The van der Waals surface area contributed by atoms with Gasteiger partial charge in [-0.15, -0.1) is 0 Å². The maximum atomic E-state index is 12.5. The van der Waals surface area contributed by atoms with Crippen LogP contribution in [0.5, 0.6) is 0 Å². The molecule has 106 valence electrons. The van der Waals surface area contributed by atoms with Gasteiger partial charge >= 0.3 is 6.18 Å². The molecule has 0 aliphatic heterocycles. The van der Waals surface area contributed by atoms with E-state index in [-0.39, 0.29) is 5.56 Å². The van der Waals surface area contributed by atoms with Gasteiger partial charge < -0.3 is 4.90 Å². The summed E-state index contributed by atoms with van der Waals surface area (Å²) in [6.07, 6.45) is -4.40. The van der Waals surface area contributed by atoms with Crippen LogP contribution in [0.2, 0.25) is 0 Å². The van der Waals surface area contributed by atoms with Gasteiger partial charge in [0.2, 0.25) is 0 Å². The van der Waals surface area contributed by atoms with Crippen LogP contribution in [0.25, 0.3) is 0 Å². The lowest BCUT2D eigenvalue weighted by Gasteiger charge is -2.28. The first-order valence-corrected chi connectivity index (χ1v) is 6.55. The molecule has 0 radical (unpaired) electrons. The van der Waals surface area contributed by atoms with Crippen molar-refractivity contribution in [3.63, 3.8) is 0 Å². The molecule has 0 fully saturated rings. The molecule has 1 aromatic carbocycles. The van der Waals surface area contributed by atoms with Gasteiger partial charge in [-0.1, -0.05) is 22.0 Å². The van der Waals surface area contributed by atoms with E-state index < -0.39 is 24.7 Å². The fraction of sp³-hybridized carbons (Fsp3) is 0.462. The predicted molar refractivity (Wildman–Crippen MR) is 71.1 cm³/mol. The summed E-state index contributed by atoms with van der Waals surface area (Å²) in [6, 6.07) is 4.26. The van der Waals surface area contributed by atoms with Crippen molar-refractivity contribution in [2.24, 2.45) is 0 Å². The van der Waals surface area contributed by atoms with Crippen molar-refractivity contribution in [3.8, 4) is 0 Å². The average molecular weight is 338 g/mol. The summed E-state index contributed by atoms with van der Waals surface area (Å²) in [6.45, 7) is 3.73. The minimum absolute atomic E-state index is 0.246. The number of carbonyl (C=O) groups excluding carboxylic acids is 1. The van der Waals surface area contributed by atoms with Crippen LogP contribution in [0, 0.1) is 6.92 Å². The summed E-state index contributed by atoms with van der Waals surface area (Å²) in [5.74, 6) is -0.618. The Morgan fingerprint density at radius 3 is 2.37 bits per heavy atom. The number of rotatable bonds is 3. The molecule has 0 aromatic heterocycles. The number of alkyl halides is 3. The highest BCUT2D eigenvalue weighted by Gasteiger charge is 2.34. The van der Waals surface area contributed by atoms with Crippen molar-refractivity contribution in [1.82, 2.24) is 4.90 Å². The van der Waals surface area contributed by atoms with Gasteiger partial charge in [0, 0.05) is 16.1 Å². The Morgan fingerprint density at radius 1 is 1.37 bits per heavy atom. The number of hydrogen-bond acceptors (Lipinski definition) is 1. The number of aryl methyl sites for hydroxylation is 1. The standard InChI is InChI=1S/C13H15BrF3NO/c1-8(2)18(7-13(15,16)17)12(19)10-5-4-9(3)11(14)6-10/h4-6,8H,7H2,1-3H3. The fourth-order valence-corrected chi connectivity index (χ4v) is 1.95. The van der Waals surface area contributed by atoms with Crippen LogP contribution in [0.3, 0.4) is 0 Å². The molecule has 0 heterocycles. The van der Waals surface area contributed by atoms with Crippen LogP contribution in [0.15, 0.2) is 22.7 Å². The van der Waals surface area contributed by atoms with Gasteiger partial charge in [0.15, 0.2) is 0 Å². The normalized spacial score (nSPS) is 11.8. The lowest BCUT2D eigenvalue weighted by molar-refractivity contribution is -0.143. The Labute approximate surface area is 118 Å². The van der Waals surface area contributed by atoms with Crippen molar-refractivity contribution >= 4 is 21.8 Å². The first-order chi connectivity index (χ1) is 8.61. The highest BCUT2D eigenvalue weighted by atomic mass is 79.9. The Morgan fingerprint density at radius 2 is 1.95 bits per heavy atom. The number of halogens is 4. The Bertz CT molecular complexity index is 471. The van der Waals surface area contributed by atoms with E-state index in [0.717, 1.165) is 10.5 Å². The molecule has 0 saturated carbocycles. The van der Waals surface area contributed by atoms with Gasteiger partial charge in [-0.3, -0.25) is 4.79 Å². The first-order valence-electron chi connectivity index (χ1n) is 5.75. The molecule has 0 bridgehead atoms. The molecule has 6 heteroatoms. The lowest BCUT2D eigenvalue weighted by atomic mass is 10.1. The Balaban J connectivity index is 3.02. The second-order valence-corrected chi connectivity index (χ2v) is 5.46. The van der Waals surface area contributed by atoms with E-state index in [2.05, 4.69) is 15.9 Å². The highest BCUT2D eigenvalue weighted by molar-refractivity contribution is 9.10. The zero-order valence-corrected chi connectivity index (χ0v) is 12.5. The Kier molecular flexibility index (Phi) is 5.01. The van der Waals surface area contributed by atoms with Crippen molar-refractivity contribution < 1.29 is 18.0 Å². The third-order valence-electron chi connectivity index (χ3n) is 2.65. The minimum Gasteiger partial charge on any atom is -0.327 e. The molecule has 1 aromatic rings. The largest absolute Gasteiger partial charge is 0.406 e. The van der Waals surface area contributed by atoms with Crippen LogP contribution in [0.1, 0.15) is 29.8 Å².